The summed E-state index contributed by atoms with van der Waals surface area (Å²) < 4.78 is 1.55. The van der Waals surface area contributed by atoms with Gasteiger partial charge in [-0.2, -0.15) is 10.4 Å². The summed E-state index contributed by atoms with van der Waals surface area (Å²) in [7, 11) is 0. The van der Waals surface area contributed by atoms with Crippen LogP contribution in [0.3, 0.4) is 0 Å². The summed E-state index contributed by atoms with van der Waals surface area (Å²) in [6.45, 7) is 1.85. The van der Waals surface area contributed by atoms with Crippen LogP contribution in [-0.2, 0) is 0 Å². The first-order valence-corrected chi connectivity index (χ1v) is 11.2. The summed E-state index contributed by atoms with van der Waals surface area (Å²) >= 11 is 0. The number of benzene rings is 2. The molecule has 33 heavy (non-hydrogen) atoms. The van der Waals surface area contributed by atoms with Crippen LogP contribution in [0.2, 0.25) is 0 Å². The summed E-state index contributed by atoms with van der Waals surface area (Å²) in [4.78, 5) is 25.5. The summed E-state index contributed by atoms with van der Waals surface area (Å²) in [5.74, 6) is 0.678. The number of anilines is 1. The molecule has 0 bridgehead atoms. The lowest BCUT2D eigenvalue weighted by Crippen LogP contribution is -2.30. The number of carbonyl (C=O) groups excluding carboxylic acids is 1. The molecule has 0 atom stereocenters. The molecule has 0 saturated carbocycles. The van der Waals surface area contributed by atoms with E-state index in [-0.39, 0.29) is 11.5 Å². The van der Waals surface area contributed by atoms with E-state index in [1.807, 2.05) is 42.5 Å². The SMILES string of the molecule is N#Cc1c2c(nc3c4c(N5CCCCC5)nc5ccccc5c4nn13)-c1ccccc1C2=O. The van der Waals surface area contributed by atoms with Gasteiger partial charge < -0.3 is 4.90 Å². The van der Waals surface area contributed by atoms with Crippen molar-refractivity contribution < 1.29 is 4.79 Å². The highest BCUT2D eigenvalue weighted by Gasteiger charge is 2.34. The number of nitrogens with zero attached hydrogens (tertiary/aromatic N) is 6. The molecule has 1 fully saturated rings. The van der Waals surface area contributed by atoms with Crippen molar-refractivity contribution in [2.24, 2.45) is 0 Å². The van der Waals surface area contributed by atoms with Gasteiger partial charge in [0.25, 0.3) is 0 Å². The van der Waals surface area contributed by atoms with Gasteiger partial charge in [0.1, 0.15) is 17.4 Å². The molecule has 1 aliphatic carbocycles. The van der Waals surface area contributed by atoms with Gasteiger partial charge in [-0.25, -0.2) is 14.5 Å². The Kier molecular flexibility index (Phi) is 3.65. The maximum absolute atomic E-state index is 13.2. The van der Waals surface area contributed by atoms with Gasteiger partial charge in [-0.05, 0) is 25.3 Å². The predicted molar refractivity (Wildman–Crippen MR) is 125 cm³/mol. The number of fused-ring (bicyclic) bond motifs is 8. The maximum Gasteiger partial charge on any atom is 0.198 e. The number of para-hydroxylation sites is 1. The Labute approximate surface area is 188 Å². The van der Waals surface area contributed by atoms with Crippen LogP contribution in [0.25, 0.3) is 38.7 Å². The van der Waals surface area contributed by atoms with E-state index >= 15 is 0 Å². The number of carbonyl (C=O) groups is 1. The van der Waals surface area contributed by atoms with E-state index in [2.05, 4.69) is 11.0 Å². The Bertz CT molecular complexity index is 1690. The van der Waals surface area contributed by atoms with Crippen LogP contribution < -0.4 is 4.90 Å². The second kappa shape index (κ2) is 6.59. The summed E-state index contributed by atoms with van der Waals surface area (Å²) in [5, 5.41) is 16.7. The summed E-state index contributed by atoms with van der Waals surface area (Å²) in [5.41, 5.74) is 4.64. The van der Waals surface area contributed by atoms with Gasteiger partial charge in [0, 0.05) is 29.6 Å². The molecule has 1 saturated heterocycles. The minimum Gasteiger partial charge on any atom is -0.356 e. The topological polar surface area (TPSA) is 87.2 Å². The minimum absolute atomic E-state index is 0.176. The number of ketones is 1. The lowest BCUT2D eigenvalue weighted by molar-refractivity contribution is 0.104. The number of hydrogen-bond acceptors (Lipinski definition) is 6. The van der Waals surface area contributed by atoms with Crippen LogP contribution in [0.5, 0.6) is 0 Å². The van der Waals surface area contributed by atoms with Crippen LogP contribution in [0.1, 0.15) is 40.9 Å². The highest BCUT2D eigenvalue weighted by atomic mass is 16.1. The molecule has 2 aliphatic rings. The first-order valence-electron chi connectivity index (χ1n) is 11.2. The van der Waals surface area contributed by atoms with Crippen molar-refractivity contribution in [3.8, 4) is 17.3 Å². The van der Waals surface area contributed by atoms with E-state index in [9.17, 15) is 10.1 Å². The molecule has 158 valence electrons. The Hall–Kier alpha value is -4.31. The zero-order valence-electron chi connectivity index (χ0n) is 17.7. The van der Waals surface area contributed by atoms with Gasteiger partial charge in [-0.1, -0.05) is 42.5 Å². The molecule has 7 rings (SSSR count). The van der Waals surface area contributed by atoms with Crippen LogP contribution in [0, 0.1) is 11.3 Å². The Morgan fingerprint density at radius 3 is 2.48 bits per heavy atom. The van der Waals surface area contributed by atoms with Crippen molar-refractivity contribution in [1.29, 1.82) is 5.26 Å². The van der Waals surface area contributed by atoms with E-state index in [0.717, 1.165) is 59.1 Å². The third kappa shape index (κ3) is 2.38. The molecule has 7 nitrogen and oxygen atoms in total. The number of pyridine rings is 1. The van der Waals surface area contributed by atoms with Crippen LogP contribution >= 0.6 is 0 Å². The Balaban J connectivity index is 1.66. The molecule has 5 aromatic rings. The zero-order valence-corrected chi connectivity index (χ0v) is 17.7. The molecule has 2 aromatic carbocycles. The molecule has 4 heterocycles. The molecule has 0 spiro atoms. The van der Waals surface area contributed by atoms with E-state index in [1.54, 1.807) is 10.6 Å². The van der Waals surface area contributed by atoms with Crippen LogP contribution in [-0.4, -0.2) is 38.5 Å². The third-order valence-electron chi connectivity index (χ3n) is 6.79. The average Bonchev–Trinajstić information content (AvgIpc) is 3.39. The van der Waals surface area contributed by atoms with Gasteiger partial charge in [0.2, 0.25) is 0 Å². The van der Waals surface area contributed by atoms with Gasteiger partial charge >= 0.3 is 0 Å². The molecule has 3 aromatic heterocycles. The number of aromatic nitrogens is 4. The quantitative estimate of drug-likeness (QED) is 0.382. The van der Waals surface area contributed by atoms with Crippen LogP contribution in [0.15, 0.2) is 48.5 Å². The predicted octanol–water partition coefficient (Wildman–Crippen LogP) is 4.50. The zero-order chi connectivity index (χ0) is 22.1. The van der Waals surface area contributed by atoms with Gasteiger partial charge in [-0.15, -0.1) is 0 Å². The smallest absolute Gasteiger partial charge is 0.198 e. The molecule has 0 radical (unpaired) electrons. The van der Waals surface area contributed by atoms with E-state index in [1.165, 1.54) is 6.42 Å². The van der Waals surface area contributed by atoms with E-state index in [0.29, 0.717) is 22.5 Å². The summed E-state index contributed by atoms with van der Waals surface area (Å²) in [6, 6.07) is 17.6. The fraction of sp³-hybridized carbons (Fsp3) is 0.192. The second-order valence-electron chi connectivity index (χ2n) is 8.63. The molecule has 1 aliphatic heterocycles. The molecule has 0 amide bonds. The fourth-order valence-corrected chi connectivity index (χ4v) is 5.25. The van der Waals surface area contributed by atoms with Crippen molar-refractivity contribution in [2.75, 3.05) is 18.0 Å². The minimum atomic E-state index is -0.176. The standard InChI is InChI=1S/C26H18N6O/c27-14-19-20-22(15-8-2-3-9-16(15)24(20)33)29-26-21-23(30-32(19)26)17-10-4-5-11-18(17)28-25(21)31-12-6-1-7-13-31/h2-5,8-11H,1,6-7,12-13H2. The summed E-state index contributed by atoms with van der Waals surface area (Å²) in [6.07, 6.45) is 3.44. The molecule has 7 heteroatoms. The van der Waals surface area contributed by atoms with Crippen molar-refractivity contribution in [1.82, 2.24) is 19.6 Å². The van der Waals surface area contributed by atoms with E-state index < -0.39 is 0 Å². The van der Waals surface area contributed by atoms with Gasteiger partial charge in [0.15, 0.2) is 17.1 Å². The highest BCUT2D eigenvalue weighted by Crippen LogP contribution is 2.40. The molecule has 0 unspecified atom stereocenters. The molecular weight excluding hydrogens is 412 g/mol. The molecule has 0 N–H and O–H groups in total. The highest BCUT2D eigenvalue weighted by molar-refractivity contribution is 6.23. The second-order valence-corrected chi connectivity index (χ2v) is 8.63. The average molecular weight is 430 g/mol. The van der Waals surface area contributed by atoms with Gasteiger partial charge in [0.05, 0.1) is 22.2 Å². The largest absolute Gasteiger partial charge is 0.356 e. The maximum atomic E-state index is 13.2. The Morgan fingerprint density at radius 2 is 1.67 bits per heavy atom. The van der Waals surface area contributed by atoms with Gasteiger partial charge in [-0.3, -0.25) is 4.79 Å². The first-order chi connectivity index (χ1) is 16.3. The number of rotatable bonds is 1. The van der Waals surface area contributed by atoms with Crippen LogP contribution in [0.4, 0.5) is 5.82 Å². The lowest BCUT2D eigenvalue weighted by atomic mass is 10.1. The lowest BCUT2D eigenvalue weighted by Gasteiger charge is -2.28. The first kappa shape index (κ1) is 18.3. The molecular formula is C26H18N6O. The number of piperidine rings is 1. The fourth-order valence-electron chi connectivity index (χ4n) is 5.25. The third-order valence-corrected chi connectivity index (χ3v) is 6.79. The normalized spacial score (nSPS) is 15.2. The van der Waals surface area contributed by atoms with Crippen molar-refractivity contribution >= 4 is 39.1 Å². The van der Waals surface area contributed by atoms with Crippen molar-refractivity contribution in [3.63, 3.8) is 0 Å². The number of nitriles is 1. The van der Waals surface area contributed by atoms with Crippen molar-refractivity contribution in [2.45, 2.75) is 19.3 Å². The van der Waals surface area contributed by atoms with E-state index in [4.69, 9.17) is 15.1 Å². The number of hydrogen-bond donors (Lipinski definition) is 0. The van der Waals surface area contributed by atoms with Crippen molar-refractivity contribution in [3.05, 3.63) is 65.4 Å². The monoisotopic (exact) mass is 430 g/mol. The Morgan fingerprint density at radius 1 is 0.909 bits per heavy atom.